The molecule has 0 aromatic heterocycles. The molecule has 136 valence electrons. The van der Waals surface area contributed by atoms with Crippen LogP contribution < -0.4 is 0 Å². The van der Waals surface area contributed by atoms with Gasteiger partial charge in [0.2, 0.25) is 0 Å². The molecule has 0 aromatic carbocycles. The van der Waals surface area contributed by atoms with Crippen molar-refractivity contribution in [3.8, 4) is 0 Å². The molecule has 0 aliphatic heterocycles. The van der Waals surface area contributed by atoms with Crippen LogP contribution in [0.25, 0.3) is 0 Å². The molecule has 0 radical (unpaired) electrons. The van der Waals surface area contributed by atoms with Gasteiger partial charge in [-0.25, -0.2) is 0 Å². The molecule has 0 heterocycles. The third-order valence-electron chi connectivity index (χ3n) is 7.23. The summed E-state index contributed by atoms with van der Waals surface area (Å²) in [6, 6.07) is 0. The van der Waals surface area contributed by atoms with E-state index in [9.17, 15) is 14.7 Å². The fourth-order valence-electron chi connectivity index (χ4n) is 6.02. The molecular weight excluding hydrogens is 384 g/mol. The second-order valence-corrected chi connectivity index (χ2v) is 9.75. The van der Waals surface area contributed by atoms with Crippen molar-refractivity contribution in [2.24, 2.45) is 23.2 Å². The van der Waals surface area contributed by atoms with Gasteiger partial charge in [-0.05, 0) is 73.5 Å². The number of Topliss-reactive ketones (excluding diaryl/α,β-unsaturated/α-hetero) is 1. The van der Waals surface area contributed by atoms with Crippen molar-refractivity contribution in [1.29, 1.82) is 0 Å². The highest BCUT2D eigenvalue weighted by Crippen LogP contribution is 2.61. The molecule has 6 atom stereocenters. The lowest BCUT2D eigenvalue weighted by Crippen LogP contribution is -2.45. The third kappa shape index (κ3) is 2.66. The van der Waals surface area contributed by atoms with E-state index in [1.165, 1.54) is 5.57 Å². The number of carbonyl (C=O) groups excluding carboxylic acids is 1. The van der Waals surface area contributed by atoms with E-state index in [2.05, 4.69) is 28.9 Å². The van der Waals surface area contributed by atoms with Crippen LogP contribution in [-0.4, -0.2) is 32.4 Å². The lowest BCUT2D eigenvalue weighted by Gasteiger charge is -2.50. The standard InChI is InChI=1S/C20H25BrO4/c1-19-6-4-13-12-5-7-20(25,10-17(22)23)9-11(12)2-3-14(13)15(19)8-16(21)18(19)24/h5,9,13-16,25H,2-4,6-8,10H2,1H3,(H,22,23)/t13-,14-,15+,16-,19+,20?/m1/s1. The summed E-state index contributed by atoms with van der Waals surface area (Å²) in [5.41, 5.74) is 1.03. The summed E-state index contributed by atoms with van der Waals surface area (Å²) in [4.78, 5) is 23.7. The average Bonchev–Trinajstić information content (AvgIpc) is 2.77. The van der Waals surface area contributed by atoms with Gasteiger partial charge in [0.1, 0.15) is 0 Å². The minimum atomic E-state index is -1.25. The van der Waals surface area contributed by atoms with Gasteiger partial charge in [0, 0.05) is 5.41 Å². The molecule has 0 aromatic rings. The monoisotopic (exact) mass is 408 g/mol. The maximum atomic E-state index is 12.6. The van der Waals surface area contributed by atoms with Gasteiger partial charge in [0.25, 0.3) is 0 Å². The number of allylic oxidation sites excluding steroid dienone is 2. The number of rotatable bonds is 2. The number of aliphatic hydroxyl groups is 1. The van der Waals surface area contributed by atoms with Gasteiger partial charge in [0.05, 0.1) is 16.8 Å². The number of alkyl halides is 1. The molecule has 1 unspecified atom stereocenters. The van der Waals surface area contributed by atoms with E-state index < -0.39 is 11.6 Å². The van der Waals surface area contributed by atoms with Crippen molar-refractivity contribution in [2.45, 2.75) is 62.3 Å². The maximum Gasteiger partial charge on any atom is 0.306 e. The molecule has 4 aliphatic rings. The second-order valence-electron chi connectivity index (χ2n) is 8.65. The van der Waals surface area contributed by atoms with Crippen LogP contribution in [0, 0.1) is 23.2 Å². The van der Waals surface area contributed by atoms with Crippen LogP contribution in [0.15, 0.2) is 23.3 Å². The van der Waals surface area contributed by atoms with Crippen molar-refractivity contribution in [3.63, 3.8) is 0 Å². The van der Waals surface area contributed by atoms with Crippen molar-refractivity contribution >= 4 is 27.7 Å². The van der Waals surface area contributed by atoms with Crippen LogP contribution in [0.2, 0.25) is 0 Å². The number of carbonyl (C=O) groups is 2. The van der Waals surface area contributed by atoms with Gasteiger partial charge in [-0.3, -0.25) is 9.59 Å². The number of carboxylic acids is 1. The number of ketones is 1. The van der Waals surface area contributed by atoms with Gasteiger partial charge in [-0.2, -0.15) is 0 Å². The predicted octanol–water partition coefficient (Wildman–Crippen LogP) is 3.63. The molecule has 25 heavy (non-hydrogen) atoms. The quantitative estimate of drug-likeness (QED) is 0.684. The zero-order valence-electron chi connectivity index (χ0n) is 14.5. The van der Waals surface area contributed by atoms with Crippen molar-refractivity contribution < 1.29 is 19.8 Å². The van der Waals surface area contributed by atoms with E-state index >= 15 is 0 Å². The summed E-state index contributed by atoms with van der Waals surface area (Å²) in [5, 5.41) is 19.6. The molecule has 3 fully saturated rings. The molecule has 3 saturated carbocycles. The van der Waals surface area contributed by atoms with Gasteiger partial charge in [0.15, 0.2) is 5.78 Å². The van der Waals surface area contributed by atoms with Crippen molar-refractivity contribution in [3.05, 3.63) is 23.3 Å². The highest BCUT2D eigenvalue weighted by atomic mass is 79.9. The van der Waals surface area contributed by atoms with E-state index in [-0.39, 0.29) is 16.7 Å². The summed E-state index contributed by atoms with van der Waals surface area (Å²) in [7, 11) is 0. The Balaban J connectivity index is 1.60. The number of aliphatic carboxylic acids is 1. The molecular formula is C20H25BrO4. The number of carboxylic acid groups (broad SMARTS) is 1. The lowest BCUT2D eigenvalue weighted by molar-refractivity contribution is -0.140. The number of hydrogen-bond acceptors (Lipinski definition) is 3. The Morgan fingerprint density at radius 1 is 1.40 bits per heavy atom. The fourth-order valence-corrected chi connectivity index (χ4v) is 6.95. The molecule has 0 spiro atoms. The zero-order valence-corrected chi connectivity index (χ0v) is 16.1. The Hall–Kier alpha value is -0.940. The van der Waals surface area contributed by atoms with Gasteiger partial charge >= 0.3 is 5.97 Å². The Morgan fingerprint density at radius 3 is 2.88 bits per heavy atom. The Morgan fingerprint density at radius 2 is 2.16 bits per heavy atom. The van der Waals surface area contributed by atoms with Gasteiger partial charge in [-0.1, -0.05) is 28.9 Å². The first-order valence-corrected chi connectivity index (χ1v) is 10.2. The van der Waals surface area contributed by atoms with Crippen LogP contribution in [0.4, 0.5) is 0 Å². The highest BCUT2D eigenvalue weighted by molar-refractivity contribution is 9.10. The maximum absolute atomic E-state index is 12.6. The summed E-state index contributed by atoms with van der Waals surface area (Å²) in [6.45, 7) is 2.16. The fraction of sp³-hybridized carbons (Fsp3) is 0.700. The largest absolute Gasteiger partial charge is 0.481 e. The molecule has 0 amide bonds. The van der Waals surface area contributed by atoms with Gasteiger partial charge < -0.3 is 10.2 Å². The van der Waals surface area contributed by atoms with Gasteiger partial charge in [-0.15, -0.1) is 0 Å². The third-order valence-corrected chi connectivity index (χ3v) is 8.02. The molecule has 4 nitrogen and oxygen atoms in total. The topological polar surface area (TPSA) is 74.6 Å². The van der Waals surface area contributed by atoms with Crippen LogP contribution in [0.5, 0.6) is 0 Å². The molecule has 4 rings (SSSR count). The zero-order chi connectivity index (χ0) is 18.0. The minimum absolute atomic E-state index is 0.000757. The van der Waals surface area contributed by atoms with Crippen LogP contribution in [0.3, 0.4) is 0 Å². The number of halogens is 1. The van der Waals surface area contributed by atoms with E-state index in [4.69, 9.17) is 5.11 Å². The summed E-state index contributed by atoms with van der Waals surface area (Å²) in [6.07, 6.45) is 8.83. The summed E-state index contributed by atoms with van der Waals surface area (Å²) < 4.78 is 0. The summed E-state index contributed by atoms with van der Waals surface area (Å²) in [5.74, 6) is 0.833. The van der Waals surface area contributed by atoms with E-state index in [1.54, 1.807) is 0 Å². The van der Waals surface area contributed by atoms with Crippen molar-refractivity contribution in [2.75, 3.05) is 0 Å². The number of hydrogen-bond donors (Lipinski definition) is 2. The van der Waals surface area contributed by atoms with E-state index in [0.29, 0.717) is 30.0 Å². The normalized spacial score (nSPS) is 45.8. The Bertz CT molecular complexity index is 696. The van der Waals surface area contributed by atoms with Crippen molar-refractivity contribution in [1.82, 2.24) is 0 Å². The molecule has 0 saturated heterocycles. The number of fused-ring (bicyclic) bond motifs is 5. The average molecular weight is 409 g/mol. The van der Waals surface area contributed by atoms with E-state index in [1.807, 2.05) is 6.08 Å². The predicted molar refractivity (Wildman–Crippen MR) is 97.4 cm³/mol. The Kier molecular flexibility index (Phi) is 4.04. The van der Waals surface area contributed by atoms with Crippen LogP contribution in [0.1, 0.15) is 51.9 Å². The highest BCUT2D eigenvalue weighted by Gasteiger charge is 2.58. The molecule has 5 heteroatoms. The first kappa shape index (κ1) is 17.5. The van der Waals surface area contributed by atoms with Crippen LogP contribution in [-0.2, 0) is 9.59 Å². The van der Waals surface area contributed by atoms with Crippen LogP contribution >= 0.6 is 15.9 Å². The SMILES string of the molecule is C[C@]12CC[C@@H]3C4=CCC(O)(CC(=O)O)C=C4CC[C@H]3[C@@H]1C[C@@H](Br)C2=O. The molecule has 2 N–H and O–H groups in total. The van der Waals surface area contributed by atoms with E-state index in [0.717, 1.165) is 37.7 Å². The molecule has 0 bridgehead atoms. The Labute approximate surface area is 156 Å². The second kappa shape index (κ2) is 5.78. The molecule has 4 aliphatic carbocycles. The first-order chi connectivity index (χ1) is 11.7. The summed E-state index contributed by atoms with van der Waals surface area (Å²) >= 11 is 3.59. The first-order valence-electron chi connectivity index (χ1n) is 9.28. The lowest BCUT2D eigenvalue weighted by atomic mass is 9.54. The minimum Gasteiger partial charge on any atom is -0.481 e. The smallest absolute Gasteiger partial charge is 0.306 e.